The molecule has 43 valence electrons. The van der Waals surface area contributed by atoms with E-state index >= 15 is 0 Å². The molecule has 0 saturated carbocycles. The molecule has 1 nitrogen and oxygen atoms in total. The molecule has 0 aliphatic heterocycles. The summed E-state index contributed by atoms with van der Waals surface area (Å²) in [6.45, 7) is 3.74. The van der Waals surface area contributed by atoms with Crippen molar-refractivity contribution in [2.24, 2.45) is 0 Å². The minimum absolute atomic E-state index is 0.971. The summed E-state index contributed by atoms with van der Waals surface area (Å²) in [5.41, 5.74) is 1.31. The zero-order chi connectivity index (χ0) is 5.82. The highest BCUT2D eigenvalue weighted by Crippen LogP contribution is 2.03. The molecule has 0 aliphatic carbocycles. The highest BCUT2D eigenvalue weighted by atomic mass is 32.1. The van der Waals surface area contributed by atoms with Crippen LogP contribution >= 0.6 is 11.5 Å². The third kappa shape index (κ3) is 1.30. The Balaban J connectivity index is 2.50. The predicted octanol–water partition coefficient (Wildman–Crippen LogP) is 1.91. The summed E-state index contributed by atoms with van der Waals surface area (Å²) in [6, 6.07) is 0. The molecule has 0 saturated heterocycles. The number of nitrogens with zero attached hydrogens (tertiary/aromatic N) is 1. The summed E-state index contributed by atoms with van der Waals surface area (Å²) in [5.74, 6) is 0. The Hall–Kier alpha value is -0.370. The molecule has 1 rings (SSSR count). The average Bonchev–Trinajstić information content (AvgIpc) is 2.19. The normalized spacial score (nSPS) is 9.62. The Kier molecular flexibility index (Phi) is 2.03. The van der Waals surface area contributed by atoms with Gasteiger partial charge in [0.25, 0.3) is 0 Å². The molecule has 0 unspecified atom stereocenters. The van der Waals surface area contributed by atoms with Crippen LogP contribution in [0.4, 0.5) is 0 Å². The van der Waals surface area contributed by atoms with Crippen molar-refractivity contribution >= 4 is 11.5 Å². The minimum atomic E-state index is 0.971. The number of hydrogen-bond donors (Lipinski definition) is 0. The molecule has 1 heterocycles. The SMILES string of the molecule is [CH2]CCc1cnsc1. The number of aromatic nitrogens is 1. The summed E-state index contributed by atoms with van der Waals surface area (Å²) < 4.78 is 3.95. The second kappa shape index (κ2) is 2.82. The topological polar surface area (TPSA) is 12.9 Å². The van der Waals surface area contributed by atoms with Gasteiger partial charge in [-0.25, -0.2) is 4.37 Å². The molecule has 0 aliphatic rings. The summed E-state index contributed by atoms with van der Waals surface area (Å²) in [4.78, 5) is 0. The van der Waals surface area contributed by atoms with Gasteiger partial charge in [-0.3, -0.25) is 0 Å². The molecule has 0 amide bonds. The van der Waals surface area contributed by atoms with E-state index in [1.807, 2.05) is 6.20 Å². The molecule has 1 radical (unpaired) electrons. The monoisotopic (exact) mass is 126 g/mol. The maximum Gasteiger partial charge on any atom is 0.0438 e. The van der Waals surface area contributed by atoms with Gasteiger partial charge in [-0.15, -0.1) is 0 Å². The van der Waals surface area contributed by atoms with Crippen LogP contribution < -0.4 is 0 Å². The fourth-order valence-electron chi connectivity index (χ4n) is 0.554. The van der Waals surface area contributed by atoms with Crippen LogP contribution in [0.1, 0.15) is 12.0 Å². The highest BCUT2D eigenvalue weighted by molar-refractivity contribution is 7.03. The van der Waals surface area contributed by atoms with Gasteiger partial charge in [0.05, 0.1) is 0 Å². The lowest BCUT2D eigenvalue weighted by atomic mass is 10.2. The third-order valence-corrected chi connectivity index (χ3v) is 1.58. The first-order valence-corrected chi connectivity index (χ1v) is 3.44. The molecule has 8 heavy (non-hydrogen) atoms. The standard InChI is InChI=1S/C6H8NS/c1-2-3-6-4-7-8-5-6/h4-5H,1-3H2. The first-order valence-electron chi connectivity index (χ1n) is 2.61. The Morgan fingerprint density at radius 2 is 2.62 bits per heavy atom. The van der Waals surface area contributed by atoms with E-state index in [2.05, 4.69) is 16.7 Å². The van der Waals surface area contributed by atoms with E-state index in [-0.39, 0.29) is 0 Å². The summed E-state index contributed by atoms with van der Waals surface area (Å²) in [6.07, 6.45) is 3.94. The van der Waals surface area contributed by atoms with Crippen LogP contribution in [-0.2, 0) is 6.42 Å². The van der Waals surface area contributed by atoms with Crippen LogP contribution in [0.3, 0.4) is 0 Å². The van der Waals surface area contributed by atoms with Crippen LogP contribution in [0.5, 0.6) is 0 Å². The zero-order valence-corrected chi connectivity index (χ0v) is 5.45. The predicted molar refractivity (Wildman–Crippen MR) is 35.8 cm³/mol. The van der Waals surface area contributed by atoms with E-state index in [1.54, 1.807) is 0 Å². The molecule has 0 fully saturated rings. The first kappa shape index (κ1) is 5.76. The Labute approximate surface area is 53.5 Å². The van der Waals surface area contributed by atoms with E-state index in [4.69, 9.17) is 0 Å². The van der Waals surface area contributed by atoms with Gasteiger partial charge in [-0.1, -0.05) is 6.92 Å². The van der Waals surface area contributed by atoms with Crippen molar-refractivity contribution in [2.45, 2.75) is 12.8 Å². The van der Waals surface area contributed by atoms with Gasteiger partial charge in [-0.2, -0.15) is 0 Å². The second-order valence-corrected chi connectivity index (χ2v) is 2.29. The first-order chi connectivity index (χ1) is 3.93. The van der Waals surface area contributed by atoms with Crippen molar-refractivity contribution in [2.75, 3.05) is 0 Å². The van der Waals surface area contributed by atoms with Gasteiger partial charge < -0.3 is 0 Å². The molecule has 0 spiro atoms. The average molecular weight is 126 g/mol. The lowest BCUT2D eigenvalue weighted by molar-refractivity contribution is 1.00. The Bertz CT molecular complexity index is 134. The van der Waals surface area contributed by atoms with Gasteiger partial charge in [-0.05, 0) is 29.9 Å². The lowest BCUT2D eigenvalue weighted by Gasteiger charge is -1.84. The maximum absolute atomic E-state index is 3.95. The lowest BCUT2D eigenvalue weighted by Crippen LogP contribution is -1.74. The van der Waals surface area contributed by atoms with E-state index in [1.165, 1.54) is 17.1 Å². The molecule has 0 aromatic carbocycles. The van der Waals surface area contributed by atoms with E-state index in [0.717, 1.165) is 12.8 Å². The van der Waals surface area contributed by atoms with Crippen molar-refractivity contribution < 1.29 is 0 Å². The number of hydrogen-bond acceptors (Lipinski definition) is 2. The fourth-order valence-corrected chi connectivity index (χ4v) is 1.13. The minimum Gasteiger partial charge on any atom is -0.201 e. The van der Waals surface area contributed by atoms with Gasteiger partial charge in [0, 0.05) is 11.6 Å². The molecular weight excluding hydrogens is 118 g/mol. The number of rotatable bonds is 2. The van der Waals surface area contributed by atoms with Crippen LogP contribution in [0.2, 0.25) is 0 Å². The molecular formula is C6H8NS. The zero-order valence-electron chi connectivity index (χ0n) is 4.63. The van der Waals surface area contributed by atoms with Crippen molar-refractivity contribution in [1.82, 2.24) is 4.37 Å². The molecule has 1 aromatic heterocycles. The maximum atomic E-state index is 3.95. The molecule has 1 aromatic rings. The van der Waals surface area contributed by atoms with Gasteiger partial charge in [0.15, 0.2) is 0 Å². The van der Waals surface area contributed by atoms with Gasteiger partial charge in [0.2, 0.25) is 0 Å². The molecule has 0 bridgehead atoms. The van der Waals surface area contributed by atoms with Crippen LogP contribution in [0.15, 0.2) is 11.6 Å². The Morgan fingerprint density at radius 3 is 3.12 bits per heavy atom. The molecule has 0 N–H and O–H groups in total. The second-order valence-electron chi connectivity index (χ2n) is 1.64. The largest absolute Gasteiger partial charge is 0.201 e. The van der Waals surface area contributed by atoms with Gasteiger partial charge >= 0.3 is 0 Å². The third-order valence-electron chi connectivity index (χ3n) is 0.949. The van der Waals surface area contributed by atoms with Crippen molar-refractivity contribution in [1.29, 1.82) is 0 Å². The Morgan fingerprint density at radius 1 is 1.75 bits per heavy atom. The van der Waals surface area contributed by atoms with Crippen molar-refractivity contribution in [3.8, 4) is 0 Å². The highest BCUT2D eigenvalue weighted by Gasteiger charge is 1.88. The van der Waals surface area contributed by atoms with Crippen LogP contribution in [-0.4, -0.2) is 4.37 Å². The summed E-state index contributed by atoms with van der Waals surface area (Å²) in [5, 5.41) is 2.06. The van der Waals surface area contributed by atoms with Gasteiger partial charge in [0.1, 0.15) is 0 Å². The van der Waals surface area contributed by atoms with Crippen LogP contribution in [0.25, 0.3) is 0 Å². The number of aryl methyl sites for hydroxylation is 1. The van der Waals surface area contributed by atoms with Crippen molar-refractivity contribution in [3.63, 3.8) is 0 Å². The van der Waals surface area contributed by atoms with E-state index < -0.39 is 0 Å². The van der Waals surface area contributed by atoms with Crippen molar-refractivity contribution in [3.05, 3.63) is 24.1 Å². The smallest absolute Gasteiger partial charge is 0.0438 e. The summed E-state index contributed by atoms with van der Waals surface area (Å²) >= 11 is 1.50. The van der Waals surface area contributed by atoms with E-state index in [9.17, 15) is 0 Å². The molecule has 2 heteroatoms. The van der Waals surface area contributed by atoms with Crippen LogP contribution in [0, 0.1) is 6.92 Å². The fraction of sp³-hybridized carbons (Fsp3) is 0.333. The molecule has 0 atom stereocenters. The summed E-state index contributed by atoms with van der Waals surface area (Å²) in [7, 11) is 0. The van der Waals surface area contributed by atoms with E-state index in [0.29, 0.717) is 0 Å². The quantitative estimate of drug-likeness (QED) is 0.590.